The number of benzene rings is 2. The standard InChI is InChI=1S/C19H22ClNO2/c1-13(2)19(15-6-10-17(23-3)11-7-15)21-18(22)12-14-4-8-16(20)9-5-14/h4-11,13,19H,12H2,1-3H3,(H,21,22)/t19-/m1/s1. The van der Waals surface area contributed by atoms with Crippen molar-refractivity contribution in [1.82, 2.24) is 5.32 Å². The molecule has 0 aliphatic heterocycles. The molecule has 1 atom stereocenters. The maximum atomic E-state index is 12.3. The molecule has 0 heterocycles. The van der Waals surface area contributed by atoms with Crippen molar-refractivity contribution >= 4 is 17.5 Å². The van der Waals surface area contributed by atoms with Gasteiger partial charge in [-0.05, 0) is 41.3 Å². The van der Waals surface area contributed by atoms with Gasteiger partial charge in [-0.1, -0.05) is 49.7 Å². The topological polar surface area (TPSA) is 38.3 Å². The van der Waals surface area contributed by atoms with Gasteiger partial charge in [-0.3, -0.25) is 4.79 Å². The van der Waals surface area contributed by atoms with Crippen molar-refractivity contribution in [3.8, 4) is 5.75 Å². The highest BCUT2D eigenvalue weighted by atomic mass is 35.5. The van der Waals surface area contributed by atoms with Gasteiger partial charge >= 0.3 is 0 Å². The van der Waals surface area contributed by atoms with Crippen LogP contribution in [0.5, 0.6) is 5.75 Å². The van der Waals surface area contributed by atoms with E-state index in [0.717, 1.165) is 16.9 Å². The van der Waals surface area contributed by atoms with Crippen molar-refractivity contribution in [2.45, 2.75) is 26.3 Å². The molecule has 0 fully saturated rings. The van der Waals surface area contributed by atoms with Crippen LogP contribution in [0.2, 0.25) is 5.02 Å². The molecule has 1 N–H and O–H groups in total. The average Bonchev–Trinajstić information content (AvgIpc) is 2.55. The third-order valence-electron chi connectivity index (χ3n) is 3.74. The first-order valence-corrected chi connectivity index (χ1v) is 8.05. The fraction of sp³-hybridized carbons (Fsp3) is 0.316. The zero-order chi connectivity index (χ0) is 16.8. The lowest BCUT2D eigenvalue weighted by Gasteiger charge is -2.23. The molecule has 2 aromatic rings. The summed E-state index contributed by atoms with van der Waals surface area (Å²) in [7, 11) is 1.64. The Bertz CT molecular complexity index is 635. The van der Waals surface area contributed by atoms with Gasteiger partial charge in [0.2, 0.25) is 5.91 Å². The third kappa shape index (κ3) is 5.00. The van der Waals surface area contributed by atoms with Gasteiger partial charge in [-0.2, -0.15) is 0 Å². The number of nitrogens with one attached hydrogen (secondary N) is 1. The predicted octanol–water partition coefficient (Wildman–Crippen LogP) is 4.40. The molecular formula is C19H22ClNO2. The van der Waals surface area contributed by atoms with E-state index >= 15 is 0 Å². The van der Waals surface area contributed by atoms with Gasteiger partial charge in [0, 0.05) is 5.02 Å². The van der Waals surface area contributed by atoms with Gasteiger partial charge in [0.25, 0.3) is 0 Å². The number of ether oxygens (including phenoxy) is 1. The molecule has 0 saturated carbocycles. The van der Waals surface area contributed by atoms with Gasteiger partial charge in [-0.25, -0.2) is 0 Å². The maximum Gasteiger partial charge on any atom is 0.224 e. The SMILES string of the molecule is COc1ccc([C@H](NC(=O)Cc2ccc(Cl)cc2)C(C)C)cc1. The fourth-order valence-corrected chi connectivity index (χ4v) is 2.58. The maximum absolute atomic E-state index is 12.3. The Morgan fingerprint density at radius 1 is 1.09 bits per heavy atom. The Morgan fingerprint density at radius 3 is 2.22 bits per heavy atom. The number of hydrogen-bond donors (Lipinski definition) is 1. The summed E-state index contributed by atoms with van der Waals surface area (Å²) in [6, 6.07) is 15.1. The number of halogens is 1. The summed E-state index contributed by atoms with van der Waals surface area (Å²) in [5.41, 5.74) is 2.02. The normalized spacial score (nSPS) is 12.0. The van der Waals surface area contributed by atoms with Crippen molar-refractivity contribution in [3.05, 3.63) is 64.7 Å². The highest BCUT2D eigenvalue weighted by Gasteiger charge is 2.18. The summed E-state index contributed by atoms with van der Waals surface area (Å²) < 4.78 is 5.18. The van der Waals surface area contributed by atoms with E-state index in [1.807, 2.05) is 36.4 Å². The zero-order valence-electron chi connectivity index (χ0n) is 13.7. The number of hydrogen-bond acceptors (Lipinski definition) is 2. The molecule has 0 aromatic heterocycles. The van der Waals surface area contributed by atoms with E-state index < -0.39 is 0 Å². The van der Waals surface area contributed by atoms with Gasteiger partial charge < -0.3 is 10.1 Å². The van der Waals surface area contributed by atoms with Crippen LogP contribution in [0, 0.1) is 5.92 Å². The first kappa shape index (κ1) is 17.4. The number of carbonyl (C=O) groups excluding carboxylic acids is 1. The Morgan fingerprint density at radius 2 is 1.70 bits per heavy atom. The highest BCUT2D eigenvalue weighted by Crippen LogP contribution is 2.24. The number of methoxy groups -OCH3 is 1. The highest BCUT2D eigenvalue weighted by molar-refractivity contribution is 6.30. The van der Waals surface area contributed by atoms with Crippen LogP contribution >= 0.6 is 11.6 Å². The van der Waals surface area contributed by atoms with E-state index in [2.05, 4.69) is 19.2 Å². The van der Waals surface area contributed by atoms with Crippen LogP contribution in [-0.4, -0.2) is 13.0 Å². The molecule has 0 aliphatic rings. The lowest BCUT2D eigenvalue weighted by atomic mass is 9.95. The molecule has 3 nitrogen and oxygen atoms in total. The summed E-state index contributed by atoms with van der Waals surface area (Å²) >= 11 is 5.87. The largest absolute Gasteiger partial charge is 0.497 e. The van der Waals surface area contributed by atoms with Crippen LogP contribution in [0.4, 0.5) is 0 Å². The van der Waals surface area contributed by atoms with E-state index in [1.54, 1.807) is 19.2 Å². The molecule has 1 amide bonds. The number of carbonyl (C=O) groups is 1. The predicted molar refractivity (Wildman–Crippen MR) is 93.9 cm³/mol. The van der Waals surface area contributed by atoms with Gasteiger partial charge in [0.05, 0.1) is 19.6 Å². The molecule has 0 bridgehead atoms. The minimum Gasteiger partial charge on any atom is -0.497 e. The molecule has 2 aromatic carbocycles. The summed E-state index contributed by atoms with van der Waals surface area (Å²) in [6.45, 7) is 4.19. The summed E-state index contributed by atoms with van der Waals surface area (Å²) in [5, 5.41) is 3.79. The molecular weight excluding hydrogens is 310 g/mol. The van der Waals surface area contributed by atoms with E-state index in [-0.39, 0.29) is 17.9 Å². The van der Waals surface area contributed by atoms with Gasteiger partial charge in [0.15, 0.2) is 0 Å². The Hall–Kier alpha value is -2.00. The van der Waals surface area contributed by atoms with Crippen LogP contribution in [-0.2, 0) is 11.2 Å². The van der Waals surface area contributed by atoms with Gasteiger partial charge in [0.1, 0.15) is 5.75 Å². The average molecular weight is 332 g/mol. The minimum atomic E-state index is -0.0271. The van der Waals surface area contributed by atoms with Crippen LogP contribution in [0.25, 0.3) is 0 Å². The number of rotatable bonds is 6. The van der Waals surface area contributed by atoms with Crippen LogP contribution in [0.1, 0.15) is 31.0 Å². The molecule has 4 heteroatoms. The molecule has 122 valence electrons. The molecule has 2 rings (SSSR count). The lowest BCUT2D eigenvalue weighted by molar-refractivity contribution is -0.121. The van der Waals surface area contributed by atoms with E-state index in [9.17, 15) is 4.79 Å². The molecule has 0 unspecified atom stereocenters. The van der Waals surface area contributed by atoms with Crippen molar-refractivity contribution in [1.29, 1.82) is 0 Å². The Kier molecular flexibility index (Phi) is 6.05. The lowest BCUT2D eigenvalue weighted by Crippen LogP contribution is -2.32. The second kappa shape index (κ2) is 8.02. The molecule has 0 saturated heterocycles. The Balaban J connectivity index is 2.06. The van der Waals surface area contributed by atoms with Crippen molar-refractivity contribution < 1.29 is 9.53 Å². The van der Waals surface area contributed by atoms with E-state index in [1.165, 1.54) is 0 Å². The third-order valence-corrected chi connectivity index (χ3v) is 3.99. The first-order valence-electron chi connectivity index (χ1n) is 7.67. The second-order valence-electron chi connectivity index (χ2n) is 5.87. The fourth-order valence-electron chi connectivity index (χ4n) is 2.46. The van der Waals surface area contributed by atoms with E-state index in [0.29, 0.717) is 11.4 Å². The Labute approximate surface area is 142 Å². The minimum absolute atomic E-state index is 0.00170. The van der Waals surface area contributed by atoms with Crippen molar-refractivity contribution in [2.75, 3.05) is 7.11 Å². The van der Waals surface area contributed by atoms with Gasteiger partial charge in [-0.15, -0.1) is 0 Å². The summed E-state index contributed by atoms with van der Waals surface area (Å²) in [6.07, 6.45) is 0.344. The molecule has 0 aliphatic carbocycles. The van der Waals surface area contributed by atoms with Crippen LogP contribution in [0.15, 0.2) is 48.5 Å². The van der Waals surface area contributed by atoms with Crippen LogP contribution in [0.3, 0.4) is 0 Å². The first-order chi connectivity index (χ1) is 11.0. The zero-order valence-corrected chi connectivity index (χ0v) is 14.4. The second-order valence-corrected chi connectivity index (χ2v) is 6.30. The van der Waals surface area contributed by atoms with Crippen molar-refractivity contribution in [2.24, 2.45) is 5.92 Å². The van der Waals surface area contributed by atoms with Crippen molar-refractivity contribution in [3.63, 3.8) is 0 Å². The molecule has 0 radical (unpaired) electrons. The van der Waals surface area contributed by atoms with E-state index in [4.69, 9.17) is 16.3 Å². The molecule has 0 spiro atoms. The number of amides is 1. The monoisotopic (exact) mass is 331 g/mol. The molecule has 23 heavy (non-hydrogen) atoms. The summed E-state index contributed by atoms with van der Waals surface area (Å²) in [5.74, 6) is 1.10. The smallest absolute Gasteiger partial charge is 0.224 e. The van der Waals surface area contributed by atoms with Crippen LogP contribution < -0.4 is 10.1 Å². The summed E-state index contributed by atoms with van der Waals surface area (Å²) in [4.78, 5) is 12.3. The quantitative estimate of drug-likeness (QED) is 0.851.